The van der Waals surface area contributed by atoms with E-state index in [0.29, 0.717) is 12.4 Å². The molecule has 1 atom stereocenters. The van der Waals surface area contributed by atoms with E-state index < -0.39 is 0 Å². The smallest absolute Gasteiger partial charge is 0.228 e. The zero-order chi connectivity index (χ0) is 11.3. The van der Waals surface area contributed by atoms with E-state index >= 15 is 0 Å². The highest BCUT2D eigenvalue weighted by Gasteiger charge is 2.13. The summed E-state index contributed by atoms with van der Waals surface area (Å²) in [5, 5.41) is 9.38. The maximum Gasteiger partial charge on any atom is 0.228 e. The summed E-state index contributed by atoms with van der Waals surface area (Å²) in [5.41, 5.74) is 6.33. The Hall–Kier alpha value is -1.36. The molecule has 4 N–H and O–H groups in total. The second-order valence-corrected chi connectivity index (χ2v) is 3.75. The minimum atomic E-state index is -0.0174. The Kier molecular flexibility index (Phi) is 4.30. The van der Waals surface area contributed by atoms with Crippen molar-refractivity contribution >= 4 is 11.7 Å². The molecule has 84 valence electrons. The van der Waals surface area contributed by atoms with Crippen molar-refractivity contribution in [2.24, 2.45) is 11.7 Å². The number of H-pyrrole nitrogens is 1. The number of aromatic nitrogens is 2. The molecular weight excluding hydrogens is 192 g/mol. The van der Waals surface area contributed by atoms with Crippen molar-refractivity contribution < 1.29 is 4.79 Å². The Labute approximate surface area is 89.4 Å². The van der Waals surface area contributed by atoms with Crippen molar-refractivity contribution in [1.82, 2.24) is 10.2 Å². The lowest BCUT2D eigenvalue weighted by molar-refractivity contribution is -0.119. The first-order valence-electron chi connectivity index (χ1n) is 5.16. The van der Waals surface area contributed by atoms with Crippen molar-refractivity contribution in [3.63, 3.8) is 0 Å². The van der Waals surface area contributed by atoms with E-state index in [4.69, 9.17) is 5.73 Å². The first-order valence-corrected chi connectivity index (χ1v) is 5.16. The zero-order valence-electron chi connectivity index (χ0n) is 9.21. The molecular formula is C10H18N4O. The fourth-order valence-electron chi connectivity index (χ4n) is 1.27. The number of hydrogen-bond acceptors (Lipinski definition) is 3. The topological polar surface area (TPSA) is 83.8 Å². The normalized spacial score (nSPS) is 12.5. The van der Waals surface area contributed by atoms with Crippen molar-refractivity contribution in [1.29, 1.82) is 0 Å². The SMILES string of the molecule is Cc1cn[nH]c1NC(=O)C(C)CCCN. The number of nitrogens with two attached hydrogens (primary N) is 1. The van der Waals surface area contributed by atoms with Crippen LogP contribution >= 0.6 is 0 Å². The average molecular weight is 210 g/mol. The van der Waals surface area contributed by atoms with Gasteiger partial charge in [-0.2, -0.15) is 5.10 Å². The Morgan fingerprint density at radius 3 is 3.00 bits per heavy atom. The second-order valence-electron chi connectivity index (χ2n) is 3.75. The monoisotopic (exact) mass is 210 g/mol. The van der Waals surface area contributed by atoms with Gasteiger partial charge in [-0.15, -0.1) is 0 Å². The largest absolute Gasteiger partial charge is 0.330 e. The van der Waals surface area contributed by atoms with E-state index in [0.717, 1.165) is 18.4 Å². The van der Waals surface area contributed by atoms with E-state index in [9.17, 15) is 4.79 Å². The van der Waals surface area contributed by atoms with Crippen LogP contribution in [0.15, 0.2) is 6.20 Å². The Bertz CT molecular complexity index is 321. The van der Waals surface area contributed by atoms with Crippen LogP contribution in [0.25, 0.3) is 0 Å². The molecule has 0 aliphatic carbocycles. The first kappa shape index (κ1) is 11.7. The van der Waals surface area contributed by atoms with Gasteiger partial charge < -0.3 is 11.1 Å². The number of hydrogen-bond donors (Lipinski definition) is 3. The molecule has 1 rings (SSSR count). The van der Waals surface area contributed by atoms with Gasteiger partial charge >= 0.3 is 0 Å². The maximum absolute atomic E-state index is 11.7. The van der Waals surface area contributed by atoms with Crippen LogP contribution < -0.4 is 11.1 Å². The third-order valence-corrected chi connectivity index (χ3v) is 2.37. The Balaban J connectivity index is 2.45. The van der Waals surface area contributed by atoms with Gasteiger partial charge in [0.1, 0.15) is 5.82 Å². The molecule has 0 saturated heterocycles. The summed E-state index contributed by atoms with van der Waals surface area (Å²) in [6.45, 7) is 4.42. The van der Waals surface area contributed by atoms with Crippen LogP contribution in [0.4, 0.5) is 5.82 Å². The van der Waals surface area contributed by atoms with Crippen LogP contribution in [0.2, 0.25) is 0 Å². The predicted octanol–water partition coefficient (Wildman–Crippen LogP) is 1.03. The summed E-state index contributed by atoms with van der Waals surface area (Å²) in [6.07, 6.45) is 3.37. The summed E-state index contributed by atoms with van der Waals surface area (Å²) in [6, 6.07) is 0. The molecule has 1 aromatic rings. The molecule has 0 radical (unpaired) electrons. The molecule has 1 aromatic heterocycles. The number of carbonyl (C=O) groups is 1. The van der Waals surface area contributed by atoms with Gasteiger partial charge in [0.05, 0.1) is 6.20 Å². The number of amides is 1. The van der Waals surface area contributed by atoms with E-state index in [1.165, 1.54) is 0 Å². The van der Waals surface area contributed by atoms with Gasteiger partial charge in [0.15, 0.2) is 0 Å². The summed E-state index contributed by atoms with van der Waals surface area (Å²) < 4.78 is 0. The Morgan fingerprint density at radius 2 is 2.47 bits per heavy atom. The molecule has 0 fully saturated rings. The molecule has 1 heterocycles. The maximum atomic E-state index is 11.7. The van der Waals surface area contributed by atoms with E-state index in [-0.39, 0.29) is 11.8 Å². The van der Waals surface area contributed by atoms with Gasteiger partial charge in [0.2, 0.25) is 5.91 Å². The molecule has 1 amide bonds. The number of aromatic amines is 1. The number of rotatable bonds is 5. The van der Waals surface area contributed by atoms with Gasteiger partial charge in [0, 0.05) is 11.5 Å². The van der Waals surface area contributed by atoms with Gasteiger partial charge in [-0.3, -0.25) is 9.89 Å². The molecule has 0 saturated carbocycles. The summed E-state index contributed by atoms with van der Waals surface area (Å²) in [4.78, 5) is 11.7. The lowest BCUT2D eigenvalue weighted by Gasteiger charge is -2.10. The van der Waals surface area contributed by atoms with E-state index in [2.05, 4.69) is 15.5 Å². The molecule has 0 aromatic carbocycles. The van der Waals surface area contributed by atoms with Crippen LogP contribution in [-0.4, -0.2) is 22.6 Å². The van der Waals surface area contributed by atoms with Crippen LogP contribution in [0.3, 0.4) is 0 Å². The van der Waals surface area contributed by atoms with Gasteiger partial charge in [-0.1, -0.05) is 6.92 Å². The number of carbonyl (C=O) groups excluding carboxylic acids is 1. The molecule has 0 bridgehead atoms. The lowest BCUT2D eigenvalue weighted by Crippen LogP contribution is -2.21. The number of anilines is 1. The van der Waals surface area contributed by atoms with Crippen LogP contribution in [0, 0.1) is 12.8 Å². The molecule has 0 aliphatic heterocycles. The van der Waals surface area contributed by atoms with Crippen LogP contribution in [0.5, 0.6) is 0 Å². The number of nitrogens with one attached hydrogen (secondary N) is 2. The van der Waals surface area contributed by atoms with Crippen molar-refractivity contribution in [2.75, 3.05) is 11.9 Å². The predicted molar refractivity (Wildman–Crippen MR) is 59.4 cm³/mol. The quantitative estimate of drug-likeness (QED) is 0.678. The summed E-state index contributed by atoms with van der Waals surface area (Å²) in [5.74, 6) is 0.673. The first-order chi connectivity index (χ1) is 7.15. The lowest BCUT2D eigenvalue weighted by atomic mass is 10.1. The zero-order valence-corrected chi connectivity index (χ0v) is 9.21. The average Bonchev–Trinajstić information content (AvgIpc) is 2.61. The van der Waals surface area contributed by atoms with Crippen LogP contribution in [-0.2, 0) is 4.79 Å². The molecule has 5 heteroatoms. The van der Waals surface area contributed by atoms with Crippen molar-refractivity contribution in [3.8, 4) is 0 Å². The summed E-state index contributed by atoms with van der Waals surface area (Å²) >= 11 is 0. The van der Waals surface area contributed by atoms with E-state index in [1.807, 2.05) is 13.8 Å². The minimum absolute atomic E-state index is 0.0100. The fraction of sp³-hybridized carbons (Fsp3) is 0.600. The van der Waals surface area contributed by atoms with Crippen molar-refractivity contribution in [3.05, 3.63) is 11.8 Å². The fourth-order valence-corrected chi connectivity index (χ4v) is 1.27. The van der Waals surface area contributed by atoms with Crippen LogP contribution in [0.1, 0.15) is 25.3 Å². The molecule has 5 nitrogen and oxygen atoms in total. The third-order valence-electron chi connectivity index (χ3n) is 2.37. The number of aryl methyl sites for hydroxylation is 1. The number of nitrogens with zero attached hydrogens (tertiary/aromatic N) is 1. The van der Waals surface area contributed by atoms with E-state index in [1.54, 1.807) is 6.20 Å². The van der Waals surface area contributed by atoms with Gasteiger partial charge in [-0.25, -0.2) is 0 Å². The third kappa shape index (κ3) is 3.36. The molecule has 15 heavy (non-hydrogen) atoms. The highest BCUT2D eigenvalue weighted by atomic mass is 16.1. The van der Waals surface area contributed by atoms with Crippen molar-refractivity contribution in [2.45, 2.75) is 26.7 Å². The highest BCUT2D eigenvalue weighted by Crippen LogP contribution is 2.12. The standard InChI is InChI=1S/C10H18N4O/c1-7(4-3-5-11)10(15)13-9-8(2)6-12-14-9/h6-7H,3-5,11H2,1-2H3,(H2,12,13,14,15). The summed E-state index contributed by atoms with van der Waals surface area (Å²) in [7, 11) is 0. The Morgan fingerprint density at radius 1 is 1.73 bits per heavy atom. The molecule has 0 aliphatic rings. The second kappa shape index (κ2) is 5.50. The van der Waals surface area contributed by atoms with Gasteiger partial charge in [-0.05, 0) is 26.3 Å². The van der Waals surface area contributed by atoms with Gasteiger partial charge in [0.25, 0.3) is 0 Å². The molecule has 1 unspecified atom stereocenters. The molecule has 0 spiro atoms. The minimum Gasteiger partial charge on any atom is -0.330 e. The highest BCUT2D eigenvalue weighted by molar-refractivity contribution is 5.91.